The van der Waals surface area contributed by atoms with E-state index in [0.717, 1.165) is 12.5 Å². The van der Waals surface area contributed by atoms with Crippen LogP contribution in [0.1, 0.15) is 142 Å². The minimum Gasteiger partial charge on any atom is -0.330 e. The molecule has 2 N–H and O–H groups in total. The lowest BCUT2D eigenvalue weighted by molar-refractivity contribution is 0.501. The summed E-state index contributed by atoms with van der Waals surface area (Å²) < 4.78 is 0. The van der Waals surface area contributed by atoms with Crippen molar-refractivity contribution >= 4 is 24.0 Å². The third-order valence-corrected chi connectivity index (χ3v) is 5.49. The first-order chi connectivity index (χ1) is 12.3. The maximum atomic E-state index is 5.51. The van der Waals surface area contributed by atoms with Crippen LogP contribution in [0.15, 0.2) is 0 Å². The van der Waals surface area contributed by atoms with Crippen molar-refractivity contribution in [3.63, 3.8) is 0 Å². The van der Waals surface area contributed by atoms with Crippen LogP contribution < -0.4 is 5.73 Å². The van der Waals surface area contributed by atoms with Crippen molar-refractivity contribution in [1.82, 2.24) is 0 Å². The molecule has 0 aliphatic heterocycles. The molecule has 0 rings (SSSR count). The molecule has 0 atom stereocenters. The van der Waals surface area contributed by atoms with Gasteiger partial charge in [0.05, 0.1) is 0 Å². The highest BCUT2D eigenvalue weighted by Crippen LogP contribution is 2.15. The Hall–Kier alpha value is 0.690. The highest BCUT2D eigenvalue weighted by molar-refractivity contribution is 14.0. The summed E-state index contributed by atoms with van der Waals surface area (Å²) >= 11 is 0. The van der Waals surface area contributed by atoms with E-state index in [0.29, 0.717) is 0 Å². The van der Waals surface area contributed by atoms with Gasteiger partial charge < -0.3 is 5.73 Å². The minimum absolute atomic E-state index is 0. The second-order valence-corrected chi connectivity index (χ2v) is 8.69. The lowest BCUT2D eigenvalue weighted by atomic mass is 10.0. The monoisotopic (exact) mass is 481 g/mol. The first kappa shape index (κ1) is 28.9. The molecular formula is C24H52IN. The number of hydrogen-bond donors (Lipinski definition) is 1. The Bertz CT molecular complexity index is 230. The molecule has 0 aromatic rings. The Balaban J connectivity index is 0. The van der Waals surface area contributed by atoms with Crippen LogP contribution in [0.4, 0.5) is 0 Å². The van der Waals surface area contributed by atoms with E-state index in [-0.39, 0.29) is 24.0 Å². The summed E-state index contributed by atoms with van der Waals surface area (Å²) in [5.41, 5.74) is 5.51. The zero-order chi connectivity index (χ0) is 18.4. The van der Waals surface area contributed by atoms with Crippen LogP contribution in [0, 0.1) is 5.92 Å². The Morgan fingerprint density at radius 3 is 0.885 bits per heavy atom. The molecule has 160 valence electrons. The summed E-state index contributed by atoms with van der Waals surface area (Å²) in [7, 11) is 0. The number of halogens is 1. The van der Waals surface area contributed by atoms with E-state index in [9.17, 15) is 0 Å². The lowest BCUT2D eigenvalue weighted by Crippen LogP contribution is -1.97. The van der Waals surface area contributed by atoms with E-state index in [1.165, 1.54) is 128 Å². The van der Waals surface area contributed by atoms with Crippen molar-refractivity contribution in [2.45, 2.75) is 142 Å². The first-order valence-electron chi connectivity index (χ1n) is 12.0. The summed E-state index contributed by atoms with van der Waals surface area (Å²) in [5, 5.41) is 0. The summed E-state index contributed by atoms with van der Waals surface area (Å²) in [6.07, 6.45) is 28.9. The molecule has 0 aromatic carbocycles. The minimum atomic E-state index is 0. The SMILES string of the molecule is CC(C)CCCCCCCCCCCCCCCCCCCCCN.I. The quantitative estimate of drug-likeness (QED) is 0.128. The van der Waals surface area contributed by atoms with Crippen molar-refractivity contribution in [2.24, 2.45) is 11.7 Å². The van der Waals surface area contributed by atoms with E-state index < -0.39 is 0 Å². The van der Waals surface area contributed by atoms with Crippen molar-refractivity contribution in [1.29, 1.82) is 0 Å². The van der Waals surface area contributed by atoms with Gasteiger partial charge >= 0.3 is 0 Å². The van der Waals surface area contributed by atoms with E-state index in [4.69, 9.17) is 5.73 Å². The molecule has 2 heteroatoms. The maximum Gasteiger partial charge on any atom is -0.00773 e. The standard InChI is InChI=1S/C24H51N.HI/c1-24(2)22-20-18-16-14-12-10-8-6-4-3-5-7-9-11-13-15-17-19-21-23-25;/h24H,3-23,25H2,1-2H3;1H. The molecule has 0 unspecified atom stereocenters. The average molecular weight is 482 g/mol. The third kappa shape index (κ3) is 26.9. The van der Waals surface area contributed by atoms with Crippen molar-refractivity contribution in [3.05, 3.63) is 0 Å². The second-order valence-electron chi connectivity index (χ2n) is 8.69. The molecule has 26 heavy (non-hydrogen) atoms. The lowest BCUT2D eigenvalue weighted by Gasteiger charge is -2.05. The molecule has 0 amide bonds. The van der Waals surface area contributed by atoms with Crippen molar-refractivity contribution < 1.29 is 0 Å². The van der Waals surface area contributed by atoms with E-state index in [1.807, 2.05) is 0 Å². The smallest absolute Gasteiger partial charge is 0.00773 e. The zero-order valence-electron chi connectivity index (χ0n) is 18.4. The van der Waals surface area contributed by atoms with E-state index in [2.05, 4.69) is 13.8 Å². The van der Waals surface area contributed by atoms with Gasteiger partial charge in [-0.25, -0.2) is 0 Å². The van der Waals surface area contributed by atoms with Crippen LogP contribution in [0.5, 0.6) is 0 Å². The topological polar surface area (TPSA) is 26.0 Å². The van der Waals surface area contributed by atoms with Crippen LogP contribution in [0.25, 0.3) is 0 Å². The van der Waals surface area contributed by atoms with Gasteiger partial charge in [-0.05, 0) is 18.9 Å². The fraction of sp³-hybridized carbons (Fsp3) is 1.00. The molecule has 0 fully saturated rings. The molecule has 0 aromatic heterocycles. The maximum absolute atomic E-state index is 5.51. The molecule has 1 nitrogen and oxygen atoms in total. The second kappa shape index (κ2) is 25.7. The Morgan fingerprint density at radius 2 is 0.654 bits per heavy atom. The molecule has 0 saturated carbocycles. The van der Waals surface area contributed by atoms with Gasteiger partial charge in [-0.1, -0.05) is 136 Å². The van der Waals surface area contributed by atoms with Gasteiger partial charge in [0.2, 0.25) is 0 Å². The van der Waals surface area contributed by atoms with E-state index in [1.54, 1.807) is 0 Å². The molecule has 0 heterocycles. The van der Waals surface area contributed by atoms with Gasteiger partial charge in [-0.2, -0.15) is 0 Å². The third-order valence-electron chi connectivity index (χ3n) is 5.49. The average Bonchev–Trinajstić information content (AvgIpc) is 2.60. The summed E-state index contributed by atoms with van der Waals surface area (Å²) in [5.74, 6) is 0.895. The first-order valence-corrected chi connectivity index (χ1v) is 12.0. The fourth-order valence-corrected chi connectivity index (χ4v) is 3.70. The highest BCUT2D eigenvalue weighted by atomic mass is 127. The molecule has 0 saturated heterocycles. The number of hydrogen-bond acceptors (Lipinski definition) is 1. The van der Waals surface area contributed by atoms with Gasteiger partial charge in [0.1, 0.15) is 0 Å². The van der Waals surface area contributed by atoms with Gasteiger partial charge in [-0.15, -0.1) is 24.0 Å². The van der Waals surface area contributed by atoms with Crippen molar-refractivity contribution in [2.75, 3.05) is 6.54 Å². The van der Waals surface area contributed by atoms with Crippen molar-refractivity contribution in [3.8, 4) is 0 Å². The van der Waals surface area contributed by atoms with E-state index >= 15 is 0 Å². The summed E-state index contributed by atoms with van der Waals surface area (Å²) in [6.45, 7) is 5.55. The molecule has 0 aliphatic rings. The van der Waals surface area contributed by atoms with Crippen LogP contribution in [-0.2, 0) is 0 Å². The Labute approximate surface area is 184 Å². The van der Waals surface area contributed by atoms with Gasteiger partial charge in [0, 0.05) is 0 Å². The van der Waals surface area contributed by atoms with Gasteiger partial charge in [0.15, 0.2) is 0 Å². The fourth-order valence-electron chi connectivity index (χ4n) is 3.70. The zero-order valence-corrected chi connectivity index (χ0v) is 20.7. The van der Waals surface area contributed by atoms with Gasteiger partial charge in [-0.3, -0.25) is 0 Å². The molecule has 0 bridgehead atoms. The molecule has 0 aliphatic carbocycles. The highest BCUT2D eigenvalue weighted by Gasteiger charge is 1.96. The van der Waals surface area contributed by atoms with Gasteiger partial charge in [0.25, 0.3) is 0 Å². The summed E-state index contributed by atoms with van der Waals surface area (Å²) in [4.78, 5) is 0. The summed E-state index contributed by atoms with van der Waals surface area (Å²) in [6, 6.07) is 0. The molecule has 0 radical (unpaired) electrons. The number of nitrogens with two attached hydrogens (primary N) is 1. The largest absolute Gasteiger partial charge is 0.330 e. The molecule has 0 spiro atoms. The Morgan fingerprint density at radius 1 is 0.423 bits per heavy atom. The number of rotatable bonds is 21. The predicted molar refractivity (Wildman–Crippen MR) is 132 cm³/mol. The normalized spacial score (nSPS) is 11.1. The van der Waals surface area contributed by atoms with Crippen LogP contribution in [-0.4, -0.2) is 6.54 Å². The Kier molecular flexibility index (Phi) is 28.6. The number of unbranched alkanes of at least 4 members (excludes halogenated alkanes) is 18. The predicted octanol–water partition coefficient (Wildman–Crippen LogP) is 9.02. The van der Waals surface area contributed by atoms with Crippen LogP contribution >= 0.6 is 24.0 Å². The van der Waals surface area contributed by atoms with Crippen LogP contribution in [0.2, 0.25) is 0 Å². The van der Waals surface area contributed by atoms with Crippen LogP contribution in [0.3, 0.4) is 0 Å². The molecular weight excluding hydrogens is 429 g/mol.